The minimum Gasteiger partial charge on any atom is -0.478 e. The third kappa shape index (κ3) is 2.41. The molecule has 0 aliphatic heterocycles. The quantitative estimate of drug-likeness (QED) is 0.813. The van der Waals surface area contributed by atoms with Crippen molar-refractivity contribution in [2.45, 2.75) is 0 Å². The summed E-state index contributed by atoms with van der Waals surface area (Å²) in [6.07, 6.45) is 2.42. The van der Waals surface area contributed by atoms with Gasteiger partial charge in [0.1, 0.15) is 5.15 Å². The van der Waals surface area contributed by atoms with Crippen LogP contribution in [-0.2, 0) is 4.79 Å². The van der Waals surface area contributed by atoms with Crippen molar-refractivity contribution in [1.29, 1.82) is 0 Å². The normalized spacial score (nSPS) is 11.5. The third-order valence-electron chi connectivity index (χ3n) is 2.22. The molecule has 17 heavy (non-hydrogen) atoms. The van der Waals surface area contributed by atoms with Crippen molar-refractivity contribution in [2.24, 2.45) is 0 Å². The van der Waals surface area contributed by atoms with Crippen LogP contribution in [0.15, 0.2) is 18.2 Å². The van der Waals surface area contributed by atoms with E-state index in [-0.39, 0.29) is 0 Å². The lowest BCUT2D eigenvalue weighted by atomic mass is 10.1. The first-order chi connectivity index (χ1) is 7.99. The van der Waals surface area contributed by atoms with Crippen LogP contribution in [0.1, 0.15) is 5.56 Å². The van der Waals surface area contributed by atoms with E-state index in [0.29, 0.717) is 26.3 Å². The Kier molecular flexibility index (Phi) is 3.33. The second-order valence-electron chi connectivity index (χ2n) is 3.34. The molecular formula is C11H6Cl3NO2. The van der Waals surface area contributed by atoms with Gasteiger partial charge in [0.2, 0.25) is 0 Å². The van der Waals surface area contributed by atoms with Crippen LogP contribution in [0.4, 0.5) is 0 Å². The zero-order valence-corrected chi connectivity index (χ0v) is 10.6. The summed E-state index contributed by atoms with van der Waals surface area (Å²) < 4.78 is 0. The molecule has 1 heterocycles. The van der Waals surface area contributed by atoms with Crippen LogP contribution in [-0.4, -0.2) is 16.1 Å². The highest BCUT2D eigenvalue weighted by atomic mass is 35.5. The summed E-state index contributed by atoms with van der Waals surface area (Å²) in [5.41, 5.74) is 1.28. The standard InChI is InChI=1S/C11H6Cl3NO2/c12-7-3-6-5(1-2-10(16)17)11(14)15-9(6)4-8(7)13/h1-4,15H,(H,16,17)/b2-1+. The Balaban J connectivity index is 2.66. The fraction of sp³-hybridized carbons (Fsp3) is 0. The van der Waals surface area contributed by atoms with Crippen LogP contribution in [0.3, 0.4) is 0 Å². The van der Waals surface area contributed by atoms with Crippen LogP contribution in [0, 0.1) is 0 Å². The molecule has 0 unspecified atom stereocenters. The number of aromatic nitrogens is 1. The van der Waals surface area contributed by atoms with E-state index < -0.39 is 5.97 Å². The van der Waals surface area contributed by atoms with Gasteiger partial charge in [-0.05, 0) is 18.2 Å². The van der Waals surface area contributed by atoms with E-state index in [1.807, 2.05) is 0 Å². The first kappa shape index (κ1) is 12.3. The summed E-state index contributed by atoms with van der Waals surface area (Å²) >= 11 is 17.7. The van der Waals surface area contributed by atoms with Crippen molar-refractivity contribution in [3.05, 3.63) is 39.0 Å². The maximum Gasteiger partial charge on any atom is 0.328 e. The number of hydrogen-bond donors (Lipinski definition) is 2. The first-order valence-electron chi connectivity index (χ1n) is 4.56. The van der Waals surface area contributed by atoms with Gasteiger partial charge in [0.15, 0.2) is 0 Å². The molecule has 2 aromatic rings. The van der Waals surface area contributed by atoms with E-state index >= 15 is 0 Å². The van der Waals surface area contributed by atoms with Crippen LogP contribution in [0.2, 0.25) is 15.2 Å². The second-order valence-corrected chi connectivity index (χ2v) is 4.53. The number of benzene rings is 1. The van der Waals surface area contributed by atoms with Gasteiger partial charge in [-0.3, -0.25) is 0 Å². The number of carbonyl (C=O) groups is 1. The molecule has 1 aromatic heterocycles. The Morgan fingerprint density at radius 1 is 1.24 bits per heavy atom. The van der Waals surface area contributed by atoms with E-state index in [1.54, 1.807) is 12.1 Å². The molecule has 0 atom stereocenters. The number of carboxylic acids is 1. The van der Waals surface area contributed by atoms with E-state index in [1.165, 1.54) is 6.08 Å². The van der Waals surface area contributed by atoms with E-state index in [2.05, 4.69) is 4.98 Å². The molecule has 88 valence electrons. The predicted octanol–water partition coefficient (Wildman–Crippen LogP) is 4.23. The molecule has 0 saturated carbocycles. The van der Waals surface area contributed by atoms with E-state index in [0.717, 1.165) is 11.5 Å². The Hall–Kier alpha value is -1.16. The Labute approximate surface area is 112 Å². The van der Waals surface area contributed by atoms with Gasteiger partial charge in [-0.2, -0.15) is 0 Å². The van der Waals surface area contributed by atoms with Gasteiger partial charge in [0.05, 0.1) is 10.0 Å². The summed E-state index contributed by atoms with van der Waals surface area (Å²) in [6.45, 7) is 0. The van der Waals surface area contributed by atoms with Crippen LogP contribution in [0.5, 0.6) is 0 Å². The van der Waals surface area contributed by atoms with Crippen molar-refractivity contribution in [2.75, 3.05) is 0 Å². The minimum absolute atomic E-state index is 0.343. The van der Waals surface area contributed by atoms with Crippen molar-refractivity contribution in [3.8, 4) is 0 Å². The molecule has 1 aromatic carbocycles. The molecule has 0 radical (unpaired) electrons. The Bertz CT molecular complexity index is 631. The number of aliphatic carboxylic acids is 1. The van der Waals surface area contributed by atoms with Gasteiger partial charge in [-0.15, -0.1) is 0 Å². The Morgan fingerprint density at radius 3 is 2.53 bits per heavy atom. The lowest BCUT2D eigenvalue weighted by Gasteiger charge is -1.96. The van der Waals surface area contributed by atoms with Crippen LogP contribution < -0.4 is 0 Å². The van der Waals surface area contributed by atoms with Crippen molar-refractivity contribution in [3.63, 3.8) is 0 Å². The molecule has 6 heteroatoms. The number of halogens is 3. The molecule has 0 spiro atoms. The third-order valence-corrected chi connectivity index (χ3v) is 3.24. The molecule has 3 nitrogen and oxygen atoms in total. The number of H-pyrrole nitrogens is 1. The number of rotatable bonds is 2. The minimum atomic E-state index is -1.05. The summed E-state index contributed by atoms with van der Waals surface area (Å²) in [5.74, 6) is -1.05. The fourth-order valence-corrected chi connectivity index (χ4v) is 2.09. The van der Waals surface area contributed by atoms with Gasteiger partial charge < -0.3 is 10.1 Å². The smallest absolute Gasteiger partial charge is 0.328 e. The maximum atomic E-state index is 10.5. The average molecular weight is 291 g/mol. The lowest BCUT2D eigenvalue weighted by Crippen LogP contribution is -1.85. The number of fused-ring (bicyclic) bond motifs is 1. The van der Waals surface area contributed by atoms with Gasteiger partial charge in [-0.25, -0.2) is 4.79 Å². The highest BCUT2D eigenvalue weighted by Crippen LogP contribution is 2.33. The summed E-state index contributed by atoms with van der Waals surface area (Å²) in [6, 6.07) is 3.28. The highest BCUT2D eigenvalue weighted by Gasteiger charge is 2.10. The highest BCUT2D eigenvalue weighted by molar-refractivity contribution is 6.43. The van der Waals surface area contributed by atoms with Gasteiger partial charge in [0.25, 0.3) is 0 Å². The molecule has 0 aliphatic rings. The molecule has 0 amide bonds. The molecule has 2 N–H and O–H groups in total. The van der Waals surface area contributed by atoms with Gasteiger partial charge >= 0.3 is 5.97 Å². The number of aromatic amines is 1. The lowest BCUT2D eigenvalue weighted by molar-refractivity contribution is -0.131. The molecule has 0 bridgehead atoms. The Morgan fingerprint density at radius 2 is 1.88 bits per heavy atom. The number of nitrogens with one attached hydrogen (secondary N) is 1. The molecule has 0 fully saturated rings. The molecule has 2 rings (SSSR count). The zero-order chi connectivity index (χ0) is 12.6. The zero-order valence-electron chi connectivity index (χ0n) is 8.30. The molecular weight excluding hydrogens is 284 g/mol. The average Bonchev–Trinajstić information content (AvgIpc) is 2.52. The molecule has 0 saturated heterocycles. The number of carboxylic acid groups (broad SMARTS) is 1. The SMILES string of the molecule is O=C(O)/C=C/c1c(Cl)[nH]c2cc(Cl)c(Cl)cc12. The topological polar surface area (TPSA) is 53.1 Å². The second kappa shape index (κ2) is 4.61. The summed E-state index contributed by atoms with van der Waals surface area (Å²) in [7, 11) is 0. The maximum absolute atomic E-state index is 10.5. The van der Waals surface area contributed by atoms with Crippen molar-refractivity contribution >= 4 is 57.8 Å². The predicted molar refractivity (Wildman–Crippen MR) is 70.0 cm³/mol. The van der Waals surface area contributed by atoms with Gasteiger partial charge in [-0.1, -0.05) is 34.8 Å². The molecule has 0 aliphatic carbocycles. The van der Waals surface area contributed by atoms with Crippen LogP contribution in [0.25, 0.3) is 17.0 Å². The first-order valence-corrected chi connectivity index (χ1v) is 5.69. The van der Waals surface area contributed by atoms with Crippen LogP contribution >= 0.6 is 34.8 Å². The van der Waals surface area contributed by atoms with Crippen molar-refractivity contribution < 1.29 is 9.90 Å². The monoisotopic (exact) mass is 289 g/mol. The van der Waals surface area contributed by atoms with Crippen molar-refractivity contribution in [1.82, 2.24) is 4.98 Å². The summed E-state index contributed by atoms with van der Waals surface area (Å²) in [4.78, 5) is 13.4. The van der Waals surface area contributed by atoms with Gasteiger partial charge in [0, 0.05) is 22.5 Å². The largest absolute Gasteiger partial charge is 0.478 e. The van der Waals surface area contributed by atoms with E-state index in [9.17, 15) is 4.79 Å². The fourth-order valence-electron chi connectivity index (χ4n) is 1.49. The number of hydrogen-bond acceptors (Lipinski definition) is 1. The summed E-state index contributed by atoms with van der Waals surface area (Å²) in [5, 5.41) is 10.5. The van der Waals surface area contributed by atoms with E-state index in [4.69, 9.17) is 39.9 Å².